The molecule has 2 saturated heterocycles. The molecule has 2 fully saturated rings. The highest BCUT2D eigenvalue weighted by atomic mass is 16.2. The zero-order valence-electron chi connectivity index (χ0n) is 14.1. The lowest BCUT2D eigenvalue weighted by atomic mass is 9.92. The molecule has 1 N–H and O–H groups in total. The summed E-state index contributed by atoms with van der Waals surface area (Å²) >= 11 is 0. The summed E-state index contributed by atoms with van der Waals surface area (Å²) in [6, 6.07) is 8.75. The minimum absolute atomic E-state index is 0.160. The van der Waals surface area contributed by atoms with Gasteiger partial charge in [-0.25, -0.2) is 4.79 Å². The topological polar surface area (TPSA) is 69.7 Å². The lowest BCUT2D eigenvalue weighted by Gasteiger charge is -2.34. The second-order valence-electron chi connectivity index (χ2n) is 6.74. The van der Waals surface area contributed by atoms with E-state index in [1.54, 1.807) is 24.0 Å². The summed E-state index contributed by atoms with van der Waals surface area (Å²) in [5.74, 6) is -0.542. The highest BCUT2D eigenvalue weighted by molar-refractivity contribution is 6.09. The van der Waals surface area contributed by atoms with E-state index in [1.165, 1.54) is 0 Å². The minimum atomic E-state index is -1.12. The average Bonchev–Trinajstić information content (AvgIpc) is 2.80. The number of likely N-dealkylation sites (tertiary alicyclic amines) is 1. The fourth-order valence-electron chi connectivity index (χ4n) is 3.50. The molecule has 2 heterocycles. The first-order valence-corrected chi connectivity index (χ1v) is 8.42. The number of piperidine rings is 1. The van der Waals surface area contributed by atoms with Gasteiger partial charge in [-0.1, -0.05) is 30.3 Å². The summed E-state index contributed by atoms with van der Waals surface area (Å²) < 4.78 is 0. The predicted octanol–water partition coefficient (Wildman–Crippen LogP) is 1.85. The Morgan fingerprint density at radius 1 is 1.25 bits per heavy atom. The molecule has 2 aliphatic rings. The number of benzene rings is 1. The maximum Gasteiger partial charge on any atom is 0.325 e. The number of amides is 4. The van der Waals surface area contributed by atoms with Gasteiger partial charge in [0, 0.05) is 12.6 Å². The first-order valence-electron chi connectivity index (χ1n) is 8.42. The number of rotatable bonds is 3. The molecule has 2 aliphatic heterocycles. The molecule has 24 heavy (non-hydrogen) atoms. The molecule has 0 spiro atoms. The molecule has 0 unspecified atom stereocenters. The van der Waals surface area contributed by atoms with Crippen molar-refractivity contribution in [2.45, 2.75) is 44.7 Å². The maximum atomic E-state index is 12.8. The molecule has 0 saturated carbocycles. The van der Waals surface area contributed by atoms with E-state index in [4.69, 9.17) is 0 Å². The normalized spacial score (nSPS) is 27.3. The van der Waals surface area contributed by atoms with Crippen LogP contribution in [-0.2, 0) is 15.1 Å². The Labute approximate surface area is 141 Å². The van der Waals surface area contributed by atoms with Gasteiger partial charge in [0.05, 0.1) is 0 Å². The summed E-state index contributed by atoms with van der Waals surface area (Å²) in [6.45, 7) is 4.19. The number of nitrogens with one attached hydrogen (secondary N) is 1. The lowest BCUT2D eigenvalue weighted by molar-refractivity contribution is -0.140. The van der Waals surface area contributed by atoms with E-state index in [2.05, 4.69) is 5.32 Å². The smallest absolute Gasteiger partial charge is 0.325 e. The van der Waals surface area contributed by atoms with Crippen molar-refractivity contribution in [3.05, 3.63) is 35.9 Å². The van der Waals surface area contributed by atoms with Crippen molar-refractivity contribution >= 4 is 17.8 Å². The van der Waals surface area contributed by atoms with Gasteiger partial charge in [0.2, 0.25) is 5.91 Å². The van der Waals surface area contributed by atoms with Gasteiger partial charge in [-0.3, -0.25) is 14.5 Å². The van der Waals surface area contributed by atoms with Gasteiger partial charge < -0.3 is 10.2 Å². The fraction of sp³-hybridized carbons (Fsp3) is 0.500. The highest BCUT2D eigenvalue weighted by Crippen LogP contribution is 2.28. The highest BCUT2D eigenvalue weighted by Gasteiger charge is 2.49. The third-order valence-corrected chi connectivity index (χ3v) is 5.04. The molecule has 0 aliphatic carbocycles. The lowest BCUT2D eigenvalue weighted by Crippen LogP contribution is -2.48. The molecule has 0 radical (unpaired) electrons. The quantitative estimate of drug-likeness (QED) is 0.861. The number of hydrogen-bond donors (Lipinski definition) is 1. The van der Waals surface area contributed by atoms with E-state index in [9.17, 15) is 14.4 Å². The Bertz CT molecular complexity index is 661. The van der Waals surface area contributed by atoms with Crippen molar-refractivity contribution in [3.8, 4) is 0 Å². The van der Waals surface area contributed by atoms with Crippen LogP contribution in [0.2, 0.25) is 0 Å². The van der Waals surface area contributed by atoms with Crippen molar-refractivity contribution in [1.29, 1.82) is 0 Å². The molecule has 128 valence electrons. The van der Waals surface area contributed by atoms with Crippen molar-refractivity contribution < 1.29 is 14.4 Å². The van der Waals surface area contributed by atoms with Crippen LogP contribution in [0.15, 0.2) is 30.3 Å². The van der Waals surface area contributed by atoms with Gasteiger partial charge in [0.15, 0.2) is 0 Å². The second kappa shape index (κ2) is 6.26. The molecule has 6 heteroatoms. The zero-order valence-corrected chi connectivity index (χ0v) is 14.1. The minimum Gasteiger partial charge on any atom is -0.338 e. The number of hydrogen-bond acceptors (Lipinski definition) is 3. The first kappa shape index (κ1) is 16.5. The fourth-order valence-corrected chi connectivity index (χ4v) is 3.50. The molecule has 6 nitrogen and oxygen atoms in total. The van der Waals surface area contributed by atoms with E-state index in [0.717, 1.165) is 24.2 Å². The van der Waals surface area contributed by atoms with Gasteiger partial charge in [-0.15, -0.1) is 0 Å². The predicted molar refractivity (Wildman–Crippen MR) is 89.1 cm³/mol. The van der Waals surface area contributed by atoms with Crippen LogP contribution >= 0.6 is 0 Å². The largest absolute Gasteiger partial charge is 0.338 e. The van der Waals surface area contributed by atoms with E-state index in [-0.39, 0.29) is 24.4 Å². The van der Waals surface area contributed by atoms with Gasteiger partial charge >= 0.3 is 6.03 Å². The van der Waals surface area contributed by atoms with Crippen LogP contribution in [0, 0.1) is 0 Å². The maximum absolute atomic E-state index is 12.8. The van der Waals surface area contributed by atoms with Crippen LogP contribution in [0.1, 0.15) is 38.7 Å². The standard InChI is InChI=1S/C18H23N3O3/c1-13-8-6-7-11-20(13)15(22)12-21-16(23)18(2,19-17(21)24)14-9-4-3-5-10-14/h3-5,9-10,13H,6-8,11-12H2,1-2H3,(H,19,24)/t13-,18-/m1/s1. The van der Waals surface area contributed by atoms with Crippen molar-refractivity contribution in [2.75, 3.05) is 13.1 Å². The number of urea groups is 1. The molecule has 0 bridgehead atoms. The van der Waals surface area contributed by atoms with Gasteiger partial charge in [-0.2, -0.15) is 0 Å². The third kappa shape index (κ3) is 2.77. The van der Waals surface area contributed by atoms with E-state index in [0.29, 0.717) is 12.1 Å². The Hall–Kier alpha value is -2.37. The Morgan fingerprint density at radius 2 is 1.96 bits per heavy atom. The molecule has 1 aromatic rings. The van der Waals surface area contributed by atoms with Gasteiger partial charge in [-0.05, 0) is 38.7 Å². The molecule has 0 aromatic heterocycles. The van der Waals surface area contributed by atoms with Crippen LogP contribution in [0.4, 0.5) is 4.79 Å². The average molecular weight is 329 g/mol. The number of carbonyl (C=O) groups excluding carboxylic acids is 3. The van der Waals surface area contributed by atoms with E-state index in [1.807, 2.05) is 25.1 Å². The number of nitrogens with zero attached hydrogens (tertiary/aromatic N) is 2. The molecular formula is C18H23N3O3. The summed E-state index contributed by atoms with van der Waals surface area (Å²) in [6.07, 6.45) is 3.05. The SMILES string of the molecule is C[C@@H]1CCCCN1C(=O)CN1C(=O)N[C@](C)(c2ccccc2)C1=O. The third-order valence-electron chi connectivity index (χ3n) is 5.04. The van der Waals surface area contributed by atoms with Crippen LogP contribution in [0.25, 0.3) is 0 Å². The summed E-state index contributed by atoms with van der Waals surface area (Å²) in [7, 11) is 0. The Morgan fingerprint density at radius 3 is 2.62 bits per heavy atom. The zero-order chi connectivity index (χ0) is 17.3. The van der Waals surface area contributed by atoms with Crippen LogP contribution in [0.5, 0.6) is 0 Å². The monoisotopic (exact) mass is 329 g/mol. The summed E-state index contributed by atoms with van der Waals surface area (Å²) in [4.78, 5) is 40.5. The summed E-state index contributed by atoms with van der Waals surface area (Å²) in [5, 5.41) is 2.73. The Kier molecular flexibility index (Phi) is 4.30. The number of carbonyl (C=O) groups is 3. The van der Waals surface area contributed by atoms with Crippen molar-refractivity contribution in [2.24, 2.45) is 0 Å². The van der Waals surface area contributed by atoms with Crippen LogP contribution in [0.3, 0.4) is 0 Å². The van der Waals surface area contributed by atoms with Crippen LogP contribution in [-0.4, -0.2) is 46.8 Å². The van der Waals surface area contributed by atoms with Crippen molar-refractivity contribution in [3.63, 3.8) is 0 Å². The first-order chi connectivity index (χ1) is 11.4. The molecule has 4 amide bonds. The van der Waals surface area contributed by atoms with Crippen molar-refractivity contribution in [1.82, 2.24) is 15.1 Å². The molecule has 2 atom stereocenters. The molecule has 1 aromatic carbocycles. The molecule has 3 rings (SSSR count). The van der Waals surface area contributed by atoms with Crippen LogP contribution < -0.4 is 5.32 Å². The molecular weight excluding hydrogens is 306 g/mol. The number of imide groups is 1. The second-order valence-corrected chi connectivity index (χ2v) is 6.74. The Balaban J connectivity index is 1.76. The van der Waals surface area contributed by atoms with Gasteiger partial charge in [0.25, 0.3) is 5.91 Å². The van der Waals surface area contributed by atoms with E-state index < -0.39 is 11.6 Å². The van der Waals surface area contributed by atoms with Gasteiger partial charge in [0.1, 0.15) is 12.1 Å². The van der Waals surface area contributed by atoms with E-state index >= 15 is 0 Å². The summed E-state index contributed by atoms with van der Waals surface area (Å²) in [5.41, 5.74) is -0.406.